The van der Waals surface area contributed by atoms with Gasteiger partial charge in [-0.3, -0.25) is 14.9 Å². The molecule has 0 aliphatic heterocycles. The van der Waals surface area contributed by atoms with Gasteiger partial charge in [0.05, 0.1) is 5.56 Å². The molecule has 0 spiro atoms. The Morgan fingerprint density at radius 3 is 2.33 bits per heavy atom. The van der Waals surface area contributed by atoms with Gasteiger partial charge < -0.3 is 15.4 Å². The fourth-order valence-electron chi connectivity index (χ4n) is 1.72. The first-order valence-electron chi connectivity index (χ1n) is 7.39. The van der Waals surface area contributed by atoms with Crippen molar-refractivity contribution in [2.45, 2.75) is 39.8 Å². The van der Waals surface area contributed by atoms with Crippen LogP contribution in [0.5, 0.6) is 0 Å². The summed E-state index contributed by atoms with van der Waals surface area (Å²) in [6, 6.07) is 5.31. The Kier molecular flexibility index (Phi) is 6.91. The zero-order valence-electron chi connectivity index (χ0n) is 14.0. The molecule has 8 heteroatoms. The van der Waals surface area contributed by atoms with E-state index in [0.717, 1.165) is 0 Å². The van der Waals surface area contributed by atoms with Crippen molar-refractivity contribution in [3.63, 3.8) is 0 Å². The van der Waals surface area contributed by atoms with Crippen molar-refractivity contribution < 1.29 is 23.9 Å². The lowest BCUT2D eigenvalue weighted by molar-refractivity contribution is -0.127. The number of hydrogen-bond donors (Lipinski definition) is 3. The highest BCUT2D eigenvalue weighted by Gasteiger charge is 2.21. The summed E-state index contributed by atoms with van der Waals surface area (Å²) >= 11 is 0. The van der Waals surface area contributed by atoms with E-state index < -0.39 is 24.0 Å². The van der Waals surface area contributed by atoms with E-state index in [1.54, 1.807) is 26.0 Å². The minimum absolute atomic E-state index is 0.132. The third-order valence-corrected chi connectivity index (χ3v) is 2.73. The Hall–Kier alpha value is -2.90. The predicted octanol–water partition coefficient (Wildman–Crippen LogP) is 1.42. The van der Waals surface area contributed by atoms with Crippen LogP contribution in [0.25, 0.3) is 0 Å². The number of nitrogens with one attached hydrogen (secondary N) is 3. The number of benzene rings is 1. The lowest BCUT2D eigenvalue weighted by Gasteiger charge is -2.14. The molecule has 24 heavy (non-hydrogen) atoms. The topological polar surface area (TPSA) is 114 Å². The standard InChI is InChI=1S/C16H21N3O5/c1-9(2)17-16(23)19-14(21)10(3)24-15(22)12-6-5-7-13(8-12)18-11(4)20/h5-10H,1-4H3,(H,18,20)(H2,17,19,21,23). The predicted molar refractivity (Wildman–Crippen MR) is 87.4 cm³/mol. The van der Waals surface area contributed by atoms with Gasteiger partial charge >= 0.3 is 12.0 Å². The number of anilines is 1. The van der Waals surface area contributed by atoms with E-state index in [9.17, 15) is 19.2 Å². The normalized spacial score (nSPS) is 11.4. The van der Waals surface area contributed by atoms with Crippen LogP contribution in [0.1, 0.15) is 38.1 Å². The van der Waals surface area contributed by atoms with Crippen molar-refractivity contribution in [3.8, 4) is 0 Å². The van der Waals surface area contributed by atoms with Crippen molar-refractivity contribution in [1.82, 2.24) is 10.6 Å². The molecule has 0 aliphatic carbocycles. The fraction of sp³-hybridized carbons (Fsp3) is 0.375. The van der Waals surface area contributed by atoms with Crippen LogP contribution in [0, 0.1) is 0 Å². The molecule has 8 nitrogen and oxygen atoms in total. The fourth-order valence-corrected chi connectivity index (χ4v) is 1.72. The zero-order valence-corrected chi connectivity index (χ0v) is 14.0. The van der Waals surface area contributed by atoms with Gasteiger partial charge in [0.25, 0.3) is 5.91 Å². The van der Waals surface area contributed by atoms with E-state index in [0.29, 0.717) is 5.69 Å². The monoisotopic (exact) mass is 335 g/mol. The van der Waals surface area contributed by atoms with E-state index in [4.69, 9.17) is 4.74 Å². The van der Waals surface area contributed by atoms with Gasteiger partial charge in [-0.05, 0) is 39.0 Å². The highest BCUT2D eigenvalue weighted by Crippen LogP contribution is 2.12. The van der Waals surface area contributed by atoms with Gasteiger partial charge in [0, 0.05) is 18.7 Å². The average molecular weight is 335 g/mol. The van der Waals surface area contributed by atoms with Crippen molar-refractivity contribution in [2.24, 2.45) is 0 Å². The zero-order chi connectivity index (χ0) is 18.3. The molecule has 0 aromatic heterocycles. The number of carbonyl (C=O) groups excluding carboxylic acids is 4. The van der Waals surface area contributed by atoms with Crippen LogP contribution in [0.3, 0.4) is 0 Å². The molecule has 0 saturated carbocycles. The maximum atomic E-state index is 12.0. The first-order chi connectivity index (χ1) is 11.2. The SMILES string of the molecule is CC(=O)Nc1cccc(C(=O)OC(C)C(=O)NC(=O)NC(C)C)c1. The Morgan fingerprint density at radius 2 is 1.75 bits per heavy atom. The Balaban J connectivity index is 2.64. The molecule has 0 heterocycles. The van der Waals surface area contributed by atoms with E-state index in [-0.39, 0.29) is 17.5 Å². The van der Waals surface area contributed by atoms with Gasteiger partial charge in [-0.2, -0.15) is 0 Å². The molecule has 0 fully saturated rings. The summed E-state index contributed by atoms with van der Waals surface area (Å²) in [5.74, 6) is -1.75. The van der Waals surface area contributed by atoms with Gasteiger partial charge in [0.15, 0.2) is 6.10 Å². The van der Waals surface area contributed by atoms with Crippen LogP contribution >= 0.6 is 0 Å². The number of amides is 4. The summed E-state index contributed by atoms with van der Waals surface area (Å²) in [7, 11) is 0. The van der Waals surface area contributed by atoms with E-state index in [1.807, 2.05) is 0 Å². The molecule has 0 bridgehead atoms. The number of esters is 1. The lowest BCUT2D eigenvalue weighted by Crippen LogP contribution is -2.46. The number of ether oxygens (including phenoxy) is 1. The molecular formula is C16H21N3O5. The second-order valence-corrected chi connectivity index (χ2v) is 5.43. The second kappa shape index (κ2) is 8.66. The summed E-state index contributed by atoms with van der Waals surface area (Å²) in [6.07, 6.45) is -1.15. The molecule has 0 radical (unpaired) electrons. The summed E-state index contributed by atoms with van der Waals surface area (Å²) in [5, 5.41) is 7.11. The average Bonchev–Trinajstić information content (AvgIpc) is 2.45. The van der Waals surface area contributed by atoms with Crippen LogP contribution in [-0.4, -0.2) is 36.0 Å². The first kappa shape index (κ1) is 19.1. The van der Waals surface area contributed by atoms with Crippen LogP contribution < -0.4 is 16.0 Å². The molecule has 0 aliphatic rings. The molecule has 3 N–H and O–H groups in total. The van der Waals surface area contributed by atoms with Crippen LogP contribution in [0.4, 0.5) is 10.5 Å². The quantitative estimate of drug-likeness (QED) is 0.704. The third kappa shape index (κ3) is 6.47. The van der Waals surface area contributed by atoms with Crippen molar-refractivity contribution in [1.29, 1.82) is 0 Å². The summed E-state index contributed by atoms with van der Waals surface area (Å²) in [5.41, 5.74) is 0.609. The van der Waals surface area contributed by atoms with E-state index >= 15 is 0 Å². The van der Waals surface area contributed by atoms with Gasteiger partial charge in [-0.15, -0.1) is 0 Å². The Morgan fingerprint density at radius 1 is 1.08 bits per heavy atom. The van der Waals surface area contributed by atoms with Crippen LogP contribution in [0.15, 0.2) is 24.3 Å². The number of imide groups is 1. The lowest BCUT2D eigenvalue weighted by atomic mass is 10.2. The Bertz CT molecular complexity index is 642. The van der Waals surface area contributed by atoms with Crippen molar-refractivity contribution in [2.75, 3.05) is 5.32 Å². The minimum Gasteiger partial charge on any atom is -0.449 e. The molecule has 0 saturated heterocycles. The van der Waals surface area contributed by atoms with Gasteiger partial charge in [-0.1, -0.05) is 6.07 Å². The van der Waals surface area contributed by atoms with Gasteiger partial charge in [0.1, 0.15) is 0 Å². The molecule has 130 valence electrons. The maximum Gasteiger partial charge on any atom is 0.338 e. The minimum atomic E-state index is -1.15. The van der Waals surface area contributed by atoms with E-state index in [2.05, 4.69) is 16.0 Å². The molecule has 1 aromatic rings. The third-order valence-electron chi connectivity index (χ3n) is 2.73. The summed E-state index contributed by atoms with van der Waals surface area (Å²) in [4.78, 5) is 46.3. The van der Waals surface area contributed by atoms with E-state index in [1.165, 1.54) is 26.0 Å². The second-order valence-electron chi connectivity index (χ2n) is 5.43. The molecule has 1 rings (SSSR count). The molecular weight excluding hydrogens is 314 g/mol. The highest BCUT2D eigenvalue weighted by atomic mass is 16.5. The van der Waals surface area contributed by atoms with Crippen molar-refractivity contribution in [3.05, 3.63) is 29.8 Å². The van der Waals surface area contributed by atoms with Crippen molar-refractivity contribution >= 4 is 29.5 Å². The largest absolute Gasteiger partial charge is 0.449 e. The summed E-state index contributed by atoms with van der Waals surface area (Å²) in [6.45, 7) is 6.19. The number of carbonyl (C=O) groups is 4. The number of rotatable bonds is 5. The molecule has 1 aromatic carbocycles. The first-order valence-corrected chi connectivity index (χ1v) is 7.39. The maximum absolute atomic E-state index is 12.0. The molecule has 1 unspecified atom stereocenters. The summed E-state index contributed by atoms with van der Waals surface area (Å²) < 4.78 is 5.02. The van der Waals surface area contributed by atoms with Crippen LogP contribution in [-0.2, 0) is 14.3 Å². The number of hydrogen-bond acceptors (Lipinski definition) is 5. The highest BCUT2D eigenvalue weighted by molar-refractivity contribution is 5.99. The van der Waals surface area contributed by atoms with Gasteiger partial charge in [0.2, 0.25) is 5.91 Å². The van der Waals surface area contributed by atoms with Crippen LogP contribution in [0.2, 0.25) is 0 Å². The Labute approximate surface area is 139 Å². The van der Waals surface area contributed by atoms with Gasteiger partial charge in [-0.25, -0.2) is 9.59 Å². The smallest absolute Gasteiger partial charge is 0.338 e. The molecule has 1 atom stereocenters. The molecule has 4 amide bonds. The number of urea groups is 1.